The molecule has 9 nitrogen and oxygen atoms in total. The van der Waals surface area contributed by atoms with Crippen molar-refractivity contribution in [3.63, 3.8) is 0 Å². The van der Waals surface area contributed by atoms with Gasteiger partial charge >= 0.3 is 0 Å². The molecule has 0 saturated carbocycles. The summed E-state index contributed by atoms with van der Waals surface area (Å²) >= 11 is 0. The first kappa shape index (κ1) is 21.3. The molecule has 1 saturated heterocycles. The summed E-state index contributed by atoms with van der Waals surface area (Å²) in [5.74, 6) is 1.81. The maximum atomic E-state index is 13.0. The van der Waals surface area contributed by atoms with E-state index in [1.807, 2.05) is 53.2 Å². The van der Waals surface area contributed by atoms with Crippen LogP contribution >= 0.6 is 0 Å². The molecule has 1 aliphatic heterocycles. The van der Waals surface area contributed by atoms with Crippen LogP contribution in [-0.4, -0.2) is 54.0 Å². The fourth-order valence-corrected chi connectivity index (χ4v) is 3.89. The average molecular weight is 454 g/mol. The van der Waals surface area contributed by atoms with Crippen LogP contribution in [0.2, 0.25) is 0 Å². The smallest absolute Gasteiger partial charge is 0.266 e. The van der Waals surface area contributed by atoms with Gasteiger partial charge in [0.2, 0.25) is 11.6 Å². The fraction of sp³-hybridized carbons (Fsp3) is 0.200. The summed E-state index contributed by atoms with van der Waals surface area (Å²) in [5.41, 5.74) is 1.76. The molecule has 3 aromatic heterocycles. The standard InChI is InChI=1S/C25H22N6O3/c1-29(19-6-3-2-4-7-19)22-10-9-18(17-27-22)24(32)30-11-13-31(14-12-30)25-20(16-26)28-23(34-25)21-8-5-15-33-21/h2-10,15,17H,11-14H2,1H3. The summed E-state index contributed by atoms with van der Waals surface area (Å²) in [4.78, 5) is 27.4. The van der Waals surface area contributed by atoms with Gasteiger partial charge in [-0.25, -0.2) is 4.98 Å². The van der Waals surface area contributed by atoms with Gasteiger partial charge in [-0.3, -0.25) is 4.79 Å². The van der Waals surface area contributed by atoms with Gasteiger partial charge in [0.1, 0.15) is 11.9 Å². The number of amides is 1. The maximum absolute atomic E-state index is 13.0. The Labute approximate surface area is 196 Å². The minimum atomic E-state index is -0.0737. The van der Waals surface area contributed by atoms with Crippen LogP contribution in [0, 0.1) is 11.3 Å². The summed E-state index contributed by atoms with van der Waals surface area (Å²) in [6.07, 6.45) is 3.14. The maximum Gasteiger partial charge on any atom is 0.266 e. The number of oxazole rings is 1. The molecule has 1 aliphatic rings. The van der Waals surface area contributed by atoms with Gasteiger partial charge in [-0.2, -0.15) is 10.2 Å². The first-order valence-corrected chi connectivity index (χ1v) is 10.9. The summed E-state index contributed by atoms with van der Waals surface area (Å²) < 4.78 is 11.1. The SMILES string of the molecule is CN(c1ccccc1)c1ccc(C(=O)N2CCN(c3oc(-c4ccco4)nc3C#N)CC2)cn1. The lowest BCUT2D eigenvalue weighted by atomic mass is 10.2. The topological polar surface area (TPSA) is 103 Å². The van der Waals surface area contributed by atoms with Crippen LogP contribution in [0.1, 0.15) is 16.1 Å². The molecule has 0 spiro atoms. The Kier molecular flexibility index (Phi) is 5.70. The Hall–Kier alpha value is -4.58. The minimum absolute atomic E-state index is 0.0737. The van der Waals surface area contributed by atoms with Gasteiger partial charge in [0.25, 0.3) is 11.8 Å². The number of pyridine rings is 1. The van der Waals surface area contributed by atoms with Gasteiger partial charge in [0, 0.05) is 45.1 Å². The first-order valence-electron chi connectivity index (χ1n) is 10.9. The fourth-order valence-electron chi connectivity index (χ4n) is 3.89. The number of para-hydroxylation sites is 1. The molecule has 0 atom stereocenters. The number of piperazine rings is 1. The predicted molar refractivity (Wildman–Crippen MR) is 126 cm³/mol. The van der Waals surface area contributed by atoms with Crippen molar-refractivity contribution in [3.05, 3.63) is 78.3 Å². The van der Waals surface area contributed by atoms with Crippen LogP contribution in [-0.2, 0) is 0 Å². The molecular weight excluding hydrogens is 432 g/mol. The van der Waals surface area contributed by atoms with E-state index in [-0.39, 0.29) is 17.5 Å². The van der Waals surface area contributed by atoms with Crippen molar-refractivity contribution in [2.75, 3.05) is 43.0 Å². The van der Waals surface area contributed by atoms with Crippen molar-refractivity contribution >= 4 is 23.3 Å². The molecule has 0 unspecified atom stereocenters. The first-order chi connectivity index (χ1) is 16.6. The van der Waals surface area contributed by atoms with E-state index >= 15 is 0 Å². The lowest BCUT2D eigenvalue weighted by Gasteiger charge is -2.34. The molecule has 1 amide bonds. The van der Waals surface area contributed by atoms with E-state index in [0.29, 0.717) is 43.4 Å². The molecule has 170 valence electrons. The lowest BCUT2D eigenvalue weighted by Crippen LogP contribution is -2.49. The highest BCUT2D eigenvalue weighted by Crippen LogP contribution is 2.29. The Morgan fingerprint density at radius 2 is 1.85 bits per heavy atom. The molecule has 0 N–H and O–H groups in total. The van der Waals surface area contributed by atoms with Gasteiger partial charge in [0.05, 0.1) is 11.8 Å². The molecule has 1 fully saturated rings. The molecule has 0 radical (unpaired) electrons. The number of rotatable bonds is 5. The van der Waals surface area contributed by atoms with Gasteiger partial charge < -0.3 is 23.5 Å². The predicted octanol–water partition coefficient (Wildman–Crippen LogP) is 3.93. The van der Waals surface area contributed by atoms with Crippen molar-refractivity contribution in [1.29, 1.82) is 5.26 Å². The monoisotopic (exact) mass is 454 g/mol. The molecule has 9 heteroatoms. The van der Waals surface area contributed by atoms with E-state index < -0.39 is 0 Å². The van der Waals surface area contributed by atoms with E-state index in [2.05, 4.69) is 16.0 Å². The van der Waals surface area contributed by atoms with Crippen LogP contribution < -0.4 is 9.80 Å². The molecule has 34 heavy (non-hydrogen) atoms. The number of carbonyl (C=O) groups is 1. The number of nitrogens with zero attached hydrogens (tertiary/aromatic N) is 6. The zero-order valence-corrected chi connectivity index (χ0v) is 18.6. The van der Waals surface area contributed by atoms with Crippen LogP contribution in [0.4, 0.5) is 17.4 Å². The summed E-state index contributed by atoms with van der Waals surface area (Å²) in [5, 5.41) is 9.48. The van der Waals surface area contributed by atoms with Gasteiger partial charge in [-0.15, -0.1) is 0 Å². The van der Waals surface area contributed by atoms with Gasteiger partial charge in [-0.1, -0.05) is 18.2 Å². The third kappa shape index (κ3) is 4.09. The highest BCUT2D eigenvalue weighted by molar-refractivity contribution is 5.94. The van der Waals surface area contributed by atoms with E-state index in [1.165, 1.54) is 6.26 Å². The van der Waals surface area contributed by atoms with Crippen molar-refractivity contribution in [3.8, 4) is 17.7 Å². The third-order valence-corrected chi connectivity index (χ3v) is 5.78. The molecular formula is C25H22N6O3. The molecule has 1 aromatic carbocycles. The van der Waals surface area contributed by atoms with Crippen LogP contribution in [0.15, 0.2) is 75.9 Å². The number of carbonyl (C=O) groups excluding carboxylic acids is 1. The van der Waals surface area contributed by atoms with Gasteiger partial charge in [0.15, 0.2) is 5.76 Å². The number of furan rings is 1. The zero-order valence-electron chi connectivity index (χ0n) is 18.6. The number of benzene rings is 1. The van der Waals surface area contributed by atoms with Crippen molar-refractivity contribution in [1.82, 2.24) is 14.9 Å². The van der Waals surface area contributed by atoms with E-state index in [0.717, 1.165) is 11.5 Å². The second-order valence-corrected chi connectivity index (χ2v) is 7.84. The highest BCUT2D eigenvalue weighted by Gasteiger charge is 2.27. The minimum Gasteiger partial charge on any atom is -0.459 e. The van der Waals surface area contributed by atoms with Gasteiger partial charge in [-0.05, 0) is 36.4 Å². The molecule has 0 aliphatic carbocycles. The summed E-state index contributed by atoms with van der Waals surface area (Å²) in [7, 11) is 1.94. The van der Waals surface area contributed by atoms with Crippen molar-refractivity contribution < 1.29 is 13.6 Å². The van der Waals surface area contributed by atoms with E-state index in [4.69, 9.17) is 8.83 Å². The van der Waals surface area contributed by atoms with Crippen molar-refractivity contribution in [2.24, 2.45) is 0 Å². The average Bonchev–Trinajstić information content (AvgIpc) is 3.59. The largest absolute Gasteiger partial charge is 0.459 e. The van der Waals surface area contributed by atoms with Crippen molar-refractivity contribution in [2.45, 2.75) is 0 Å². The van der Waals surface area contributed by atoms with E-state index in [9.17, 15) is 10.1 Å². The molecule has 4 heterocycles. The number of hydrogen-bond acceptors (Lipinski definition) is 8. The quantitative estimate of drug-likeness (QED) is 0.447. The highest BCUT2D eigenvalue weighted by atomic mass is 16.4. The number of nitriles is 1. The molecule has 0 bridgehead atoms. The summed E-state index contributed by atoms with van der Waals surface area (Å²) in [6.45, 7) is 2.03. The number of anilines is 3. The van der Waals surface area contributed by atoms with Crippen LogP contribution in [0.3, 0.4) is 0 Å². The van der Waals surface area contributed by atoms with Crippen LogP contribution in [0.5, 0.6) is 0 Å². The zero-order chi connectivity index (χ0) is 23.5. The Morgan fingerprint density at radius 1 is 1.06 bits per heavy atom. The Morgan fingerprint density at radius 3 is 2.50 bits per heavy atom. The van der Waals surface area contributed by atoms with E-state index in [1.54, 1.807) is 29.3 Å². The molecule has 4 aromatic rings. The second-order valence-electron chi connectivity index (χ2n) is 7.84. The second kappa shape index (κ2) is 9.11. The lowest BCUT2D eigenvalue weighted by molar-refractivity contribution is 0.0745. The number of aromatic nitrogens is 2. The van der Waals surface area contributed by atoms with Crippen LogP contribution in [0.25, 0.3) is 11.7 Å². The number of hydrogen-bond donors (Lipinski definition) is 0. The third-order valence-electron chi connectivity index (χ3n) is 5.78. The Bertz CT molecular complexity index is 1300. The molecule has 5 rings (SSSR count). The normalized spacial score (nSPS) is 13.5. The summed E-state index contributed by atoms with van der Waals surface area (Å²) in [6, 6.07) is 19.1. The Balaban J connectivity index is 1.24.